The first kappa shape index (κ1) is 17.2. The maximum atomic E-state index is 10.7. The number of aliphatic hydroxyl groups is 1. The van der Waals surface area contributed by atoms with Crippen LogP contribution in [-0.2, 0) is 9.53 Å². The van der Waals surface area contributed by atoms with Crippen molar-refractivity contribution >= 4 is 5.97 Å². The molecule has 0 saturated heterocycles. The fourth-order valence-electron chi connectivity index (χ4n) is 1.86. The van der Waals surface area contributed by atoms with Crippen LogP contribution in [0.1, 0.15) is 64.2 Å². The molecule has 106 valence electrons. The van der Waals surface area contributed by atoms with E-state index in [4.69, 9.17) is 9.84 Å². The van der Waals surface area contributed by atoms with Crippen molar-refractivity contribution in [1.29, 1.82) is 0 Å². The van der Waals surface area contributed by atoms with Gasteiger partial charge in [0, 0.05) is 12.7 Å². The second-order valence-corrected chi connectivity index (χ2v) is 4.63. The van der Waals surface area contributed by atoms with Crippen molar-refractivity contribution in [3.8, 4) is 0 Å². The van der Waals surface area contributed by atoms with Crippen molar-refractivity contribution in [3.05, 3.63) is 12.7 Å². The van der Waals surface area contributed by atoms with Crippen molar-refractivity contribution in [3.63, 3.8) is 0 Å². The second kappa shape index (κ2) is 14.2. The summed E-state index contributed by atoms with van der Waals surface area (Å²) in [5.74, 6) is -0.321. The van der Waals surface area contributed by atoms with Gasteiger partial charge >= 0.3 is 5.97 Å². The Kier molecular flexibility index (Phi) is 13.6. The van der Waals surface area contributed by atoms with E-state index >= 15 is 0 Å². The number of carbonyl (C=O) groups is 1. The predicted octanol–water partition coefficient (Wildman–Crippen LogP) is 3.61. The molecular formula is C15H28O3. The van der Waals surface area contributed by atoms with Gasteiger partial charge < -0.3 is 9.84 Å². The standard InChI is InChI=1S/C15H28O3/c1-2-15(17)18-14-12-10-8-6-4-3-5-7-9-11-13-16/h2,16H,1,3-14H2. The minimum Gasteiger partial charge on any atom is -0.463 e. The predicted molar refractivity (Wildman–Crippen MR) is 74.4 cm³/mol. The first-order valence-electron chi connectivity index (χ1n) is 7.21. The zero-order chi connectivity index (χ0) is 13.5. The molecule has 0 aliphatic heterocycles. The van der Waals surface area contributed by atoms with Gasteiger partial charge in [0.25, 0.3) is 0 Å². The molecule has 0 radical (unpaired) electrons. The molecule has 0 saturated carbocycles. The third kappa shape index (κ3) is 13.2. The van der Waals surface area contributed by atoms with E-state index in [1.807, 2.05) is 0 Å². The lowest BCUT2D eigenvalue weighted by atomic mass is 10.1. The molecule has 0 bridgehead atoms. The summed E-state index contributed by atoms with van der Waals surface area (Å²) in [5.41, 5.74) is 0. The molecule has 0 fully saturated rings. The van der Waals surface area contributed by atoms with E-state index in [2.05, 4.69) is 6.58 Å². The Morgan fingerprint density at radius 1 is 0.889 bits per heavy atom. The summed E-state index contributed by atoms with van der Waals surface area (Å²) < 4.78 is 4.90. The number of hydrogen-bond acceptors (Lipinski definition) is 3. The Labute approximate surface area is 111 Å². The van der Waals surface area contributed by atoms with Crippen LogP contribution >= 0.6 is 0 Å². The fraction of sp³-hybridized carbons (Fsp3) is 0.800. The van der Waals surface area contributed by atoms with Crippen molar-refractivity contribution in [2.45, 2.75) is 64.2 Å². The zero-order valence-corrected chi connectivity index (χ0v) is 11.5. The molecule has 0 aliphatic rings. The third-order valence-corrected chi connectivity index (χ3v) is 2.96. The van der Waals surface area contributed by atoms with Crippen LogP contribution in [0, 0.1) is 0 Å². The zero-order valence-electron chi connectivity index (χ0n) is 11.5. The van der Waals surface area contributed by atoms with E-state index < -0.39 is 0 Å². The summed E-state index contributed by atoms with van der Waals surface area (Å²) in [4.78, 5) is 10.7. The average Bonchev–Trinajstić information content (AvgIpc) is 2.39. The Hall–Kier alpha value is -0.830. The lowest BCUT2D eigenvalue weighted by Gasteiger charge is -2.03. The molecule has 0 heterocycles. The van der Waals surface area contributed by atoms with Gasteiger partial charge in [-0.05, 0) is 12.8 Å². The minimum absolute atomic E-state index is 0.321. The number of carbonyl (C=O) groups excluding carboxylic acids is 1. The van der Waals surface area contributed by atoms with Gasteiger partial charge in [0.15, 0.2) is 0 Å². The Morgan fingerprint density at radius 2 is 1.33 bits per heavy atom. The number of esters is 1. The smallest absolute Gasteiger partial charge is 0.330 e. The highest BCUT2D eigenvalue weighted by Crippen LogP contribution is 2.10. The van der Waals surface area contributed by atoms with Gasteiger partial charge in [-0.1, -0.05) is 57.9 Å². The Bertz CT molecular complexity index is 202. The molecule has 18 heavy (non-hydrogen) atoms. The normalized spacial score (nSPS) is 10.3. The molecule has 3 nitrogen and oxygen atoms in total. The van der Waals surface area contributed by atoms with Gasteiger partial charge in [-0.2, -0.15) is 0 Å². The summed E-state index contributed by atoms with van der Waals surface area (Å²) >= 11 is 0. The van der Waals surface area contributed by atoms with E-state index in [1.54, 1.807) is 0 Å². The average molecular weight is 256 g/mol. The van der Waals surface area contributed by atoms with E-state index in [0.717, 1.165) is 25.7 Å². The topological polar surface area (TPSA) is 46.5 Å². The number of hydrogen-bond donors (Lipinski definition) is 1. The second-order valence-electron chi connectivity index (χ2n) is 4.63. The van der Waals surface area contributed by atoms with Crippen molar-refractivity contribution in [2.75, 3.05) is 13.2 Å². The molecule has 3 heteroatoms. The SMILES string of the molecule is C=CC(=O)OCCCCCCCCCCCCO. The lowest BCUT2D eigenvalue weighted by molar-refractivity contribution is -0.137. The highest BCUT2D eigenvalue weighted by molar-refractivity contribution is 5.81. The first-order valence-corrected chi connectivity index (χ1v) is 7.21. The molecule has 0 unspecified atom stereocenters. The summed E-state index contributed by atoms with van der Waals surface area (Å²) in [6.45, 7) is 4.20. The third-order valence-electron chi connectivity index (χ3n) is 2.96. The monoisotopic (exact) mass is 256 g/mol. The Balaban J connectivity index is 2.98. The van der Waals surface area contributed by atoms with E-state index in [0.29, 0.717) is 13.2 Å². The fourth-order valence-corrected chi connectivity index (χ4v) is 1.86. The van der Waals surface area contributed by atoms with Crippen LogP contribution in [0.4, 0.5) is 0 Å². The summed E-state index contributed by atoms with van der Waals surface area (Å²) in [6.07, 6.45) is 13.0. The molecule has 0 atom stereocenters. The van der Waals surface area contributed by atoms with E-state index in [1.165, 1.54) is 44.6 Å². The van der Waals surface area contributed by atoms with Crippen molar-refractivity contribution < 1.29 is 14.6 Å². The Morgan fingerprint density at radius 3 is 1.78 bits per heavy atom. The van der Waals surface area contributed by atoms with Crippen LogP contribution in [-0.4, -0.2) is 24.3 Å². The molecule has 0 rings (SSSR count). The van der Waals surface area contributed by atoms with Crippen LogP contribution in [0.15, 0.2) is 12.7 Å². The number of aliphatic hydroxyl groups excluding tert-OH is 1. The molecule has 0 spiro atoms. The summed E-state index contributed by atoms with van der Waals surface area (Å²) in [6, 6.07) is 0. The van der Waals surface area contributed by atoms with Crippen LogP contribution in [0.25, 0.3) is 0 Å². The van der Waals surface area contributed by atoms with E-state index in [9.17, 15) is 4.79 Å². The molecule has 0 aromatic heterocycles. The van der Waals surface area contributed by atoms with Gasteiger partial charge in [0.1, 0.15) is 0 Å². The van der Waals surface area contributed by atoms with Crippen LogP contribution in [0.3, 0.4) is 0 Å². The van der Waals surface area contributed by atoms with E-state index in [-0.39, 0.29) is 5.97 Å². The van der Waals surface area contributed by atoms with Gasteiger partial charge in [-0.15, -0.1) is 0 Å². The van der Waals surface area contributed by atoms with Gasteiger partial charge in [0.2, 0.25) is 0 Å². The molecule has 1 N–H and O–H groups in total. The quantitative estimate of drug-likeness (QED) is 0.311. The summed E-state index contributed by atoms with van der Waals surface area (Å²) in [5, 5.41) is 8.62. The number of rotatable bonds is 13. The van der Waals surface area contributed by atoms with Crippen molar-refractivity contribution in [1.82, 2.24) is 0 Å². The maximum Gasteiger partial charge on any atom is 0.330 e. The molecular weight excluding hydrogens is 228 g/mol. The molecule has 0 aromatic rings. The summed E-state index contributed by atoms with van der Waals surface area (Å²) in [7, 11) is 0. The highest BCUT2D eigenvalue weighted by atomic mass is 16.5. The van der Waals surface area contributed by atoms with Gasteiger partial charge in [0.05, 0.1) is 6.61 Å². The number of unbranched alkanes of at least 4 members (excludes halogenated alkanes) is 9. The first-order chi connectivity index (χ1) is 8.81. The van der Waals surface area contributed by atoms with Crippen LogP contribution in [0.5, 0.6) is 0 Å². The molecule has 0 aromatic carbocycles. The van der Waals surface area contributed by atoms with Gasteiger partial charge in [-0.25, -0.2) is 4.79 Å². The van der Waals surface area contributed by atoms with Crippen LogP contribution in [0.2, 0.25) is 0 Å². The molecule has 0 aliphatic carbocycles. The molecule has 0 amide bonds. The minimum atomic E-state index is -0.321. The highest BCUT2D eigenvalue weighted by Gasteiger charge is 1.95. The van der Waals surface area contributed by atoms with Gasteiger partial charge in [-0.3, -0.25) is 0 Å². The largest absolute Gasteiger partial charge is 0.463 e. The lowest BCUT2D eigenvalue weighted by Crippen LogP contribution is -2.01. The van der Waals surface area contributed by atoms with Crippen LogP contribution < -0.4 is 0 Å². The number of ether oxygens (including phenoxy) is 1. The van der Waals surface area contributed by atoms with Crippen molar-refractivity contribution in [2.24, 2.45) is 0 Å². The maximum absolute atomic E-state index is 10.7.